The molecule has 8 nitrogen and oxygen atoms in total. The van der Waals surface area contributed by atoms with Crippen LogP contribution >= 0.6 is 0 Å². The van der Waals surface area contributed by atoms with Gasteiger partial charge in [-0.15, -0.1) is 0 Å². The van der Waals surface area contributed by atoms with Crippen LogP contribution in [0.3, 0.4) is 0 Å². The zero-order valence-corrected chi connectivity index (χ0v) is 22.0. The zero-order valence-electron chi connectivity index (χ0n) is 22.0. The van der Waals surface area contributed by atoms with Gasteiger partial charge < -0.3 is 19.5 Å². The first kappa shape index (κ1) is 26.9. The van der Waals surface area contributed by atoms with Crippen molar-refractivity contribution in [3.05, 3.63) is 89.0 Å². The predicted octanol–water partition coefficient (Wildman–Crippen LogP) is 3.75. The van der Waals surface area contributed by atoms with Crippen molar-refractivity contribution < 1.29 is 27.8 Å². The summed E-state index contributed by atoms with van der Waals surface area (Å²) in [5.74, 6) is 0.296. The fraction of sp³-hybridized carbons (Fsp3) is 0.345. The summed E-state index contributed by atoms with van der Waals surface area (Å²) in [5, 5.41) is 6.67. The van der Waals surface area contributed by atoms with Crippen molar-refractivity contribution in [2.75, 3.05) is 21.3 Å². The van der Waals surface area contributed by atoms with Gasteiger partial charge >= 0.3 is 0 Å². The van der Waals surface area contributed by atoms with E-state index in [0.717, 1.165) is 16.7 Å². The van der Waals surface area contributed by atoms with Crippen LogP contribution in [0.5, 0.6) is 17.2 Å². The molecule has 3 aromatic rings. The van der Waals surface area contributed by atoms with Crippen molar-refractivity contribution >= 4 is 5.91 Å². The first-order chi connectivity index (χ1) is 18.9. The lowest BCUT2D eigenvalue weighted by atomic mass is 9.74. The summed E-state index contributed by atoms with van der Waals surface area (Å²) in [6, 6.07) is 15.5. The van der Waals surface area contributed by atoms with Gasteiger partial charge in [0.1, 0.15) is 17.4 Å². The van der Waals surface area contributed by atoms with Crippen LogP contribution < -0.4 is 35.7 Å². The highest BCUT2D eigenvalue weighted by atomic mass is 19.1. The maximum atomic E-state index is 13.8. The molecule has 10 heteroatoms. The topological polar surface area (TPSA) is 92.9 Å². The van der Waals surface area contributed by atoms with Crippen molar-refractivity contribution in [1.82, 2.24) is 21.5 Å². The summed E-state index contributed by atoms with van der Waals surface area (Å²) in [6.45, 7) is 0.271. The van der Waals surface area contributed by atoms with Gasteiger partial charge in [-0.25, -0.2) is 19.6 Å². The molecule has 5 rings (SSSR count). The van der Waals surface area contributed by atoms with Crippen LogP contribution in [0.1, 0.15) is 35.2 Å². The molecule has 2 saturated heterocycles. The van der Waals surface area contributed by atoms with Gasteiger partial charge in [0.25, 0.3) is 0 Å². The second-order valence-corrected chi connectivity index (χ2v) is 9.73. The van der Waals surface area contributed by atoms with E-state index in [1.807, 2.05) is 6.07 Å². The Balaban J connectivity index is 1.46. The van der Waals surface area contributed by atoms with Gasteiger partial charge in [0.05, 0.1) is 33.5 Å². The third-order valence-corrected chi connectivity index (χ3v) is 7.56. The van der Waals surface area contributed by atoms with Gasteiger partial charge in [0.2, 0.25) is 5.91 Å². The largest absolute Gasteiger partial charge is 0.496 e. The number of amides is 1. The minimum absolute atomic E-state index is 0.127. The average molecular weight is 539 g/mol. The van der Waals surface area contributed by atoms with E-state index in [1.54, 1.807) is 51.7 Å². The van der Waals surface area contributed by atoms with Gasteiger partial charge in [-0.3, -0.25) is 10.1 Å². The molecule has 4 N–H and O–H groups in total. The van der Waals surface area contributed by atoms with E-state index in [-0.39, 0.29) is 48.3 Å². The van der Waals surface area contributed by atoms with E-state index in [1.165, 1.54) is 24.3 Å². The minimum atomic E-state index is -0.433. The molecule has 5 atom stereocenters. The lowest BCUT2D eigenvalue weighted by Gasteiger charge is -2.40. The number of halogens is 2. The molecule has 0 radical (unpaired) electrons. The monoisotopic (exact) mass is 538 g/mol. The number of hydrogen-bond donors (Lipinski definition) is 4. The molecule has 2 aliphatic heterocycles. The SMILES string of the molecule is COc1cc(OC)c(C2CC(C(=O)NCc3ccc(F)cc3)C3C(NNC3c3ccc(F)cc3)N2)cc1OC. The zero-order chi connectivity index (χ0) is 27.5. The number of nitrogens with one attached hydrogen (secondary N) is 4. The number of ether oxygens (including phenoxy) is 3. The fourth-order valence-corrected chi connectivity index (χ4v) is 5.60. The second kappa shape index (κ2) is 11.6. The van der Waals surface area contributed by atoms with Crippen LogP contribution in [0.2, 0.25) is 0 Å². The molecular formula is C29H32F2N4O4. The van der Waals surface area contributed by atoms with Gasteiger partial charge in [-0.1, -0.05) is 24.3 Å². The fourth-order valence-electron chi connectivity index (χ4n) is 5.60. The smallest absolute Gasteiger partial charge is 0.223 e. The van der Waals surface area contributed by atoms with Gasteiger partial charge in [0, 0.05) is 36.1 Å². The number of methoxy groups -OCH3 is 3. The number of piperidine rings is 1. The number of fused-ring (bicyclic) bond motifs is 1. The Hall–Kier alpha value is -3.73. The molecule has 0 spiro atoms. The Kier molecular flexibility index (Phi) is 7.97. The number of carbonyl (C=O) groups is 1. The second-order valence-electron chi connectivity index (χ2n) is 9.73. The van der Waals surface area contributed by atoms with Crippen LogP contribution in [0, 0.1) is 23.5 Å². The quantitative estimate of drug-likeness (QED) is 0.347. The predicted molar refractivity (Wildman–Crippen MR) is 141 cm³/mol. The number of benzene rings is 3. The van der Waals surface area contributed by atoms with E-state index in [4.69, 9.17) is 14.2 Å². The maximum absolute atomic E-state index is 13.8. The number of hydrazine groups is 1. The minimum Gasteiger partial charge on any atom is -0.496 e. The summed E-state index contributed by atoms with van der Waals surface area (Å²) in [4.78, 5) is 13.8. The lowest BCUT2D eigenvalue weighted by molar-refractivity contribution is -0.129. The summed E-state index contributed by atoms with van der Waals surface area (Å²) in [7, 11) is 4.72. The first-order valence-electron chi connectivity index (χ1n) is 12.8. The van der Waals surface area contributed by atoms with Crippen LogP contribution in [-0.4, -0.2) is 33.4 Å². The highest BCUT2D eigenvalue weighted by Crippen LogP contribution is 2.46. The standard InChI is InChI=1S/C29H32F2N4O4/c1-37-23-14-25(39-3)24(38-2)13-20(23)22-12-21(29(36)32-15-16-4-8-18(30)9-5-16)26-27(34-35-28(26)33-22)17-6-10-19(31)11-7-17/h4-11,13-14,21-22,26-28,33-35H,12,15H2,1-3H3,(H,32,36). The summed E-state index contributed by atoms with van der Waals surface area (Å²) in [5.41, 5.74) is 9.11. The molecule has 0 aromatic heterocycles. The Bertz CT molecular complexity index is 1310. The Morgan fingerprint density at radius 3 is 2.13 bits per heavy atom. The van der Waals surface area contributed by atoms with E-state index >= 15 is 0 Å². The molecule has 2 fully saturated rings. The molecule has 1 amide bonds. The van der Waals surface area contributed by atoms with Crippen molar-refractivity contribution in [2.45, 2.75) is 31.2 Å². The van der Waals surface area contributed by atoms with E-state index in [2.05, 4.69) is 21.5 Å². The molecule has 0 aliphatic carbocycles. The highest BCUT2D eigenvalue weighted by Gasteiger charge is 2.49. The molecule has 0 bridgehead atoms. The summed E-state index contributed by atoms with van der Waals surface area (Å²) < 4.78 is 43.7. The van der Waals surface area contributed by atoms with Crippen LogP contribution in [0.15, 0.2) is 60.7 Å². The highest BCUT2D eigenvalue weighted by molar-refractivity contribution is 5.79. The van der Waals surface area contributed by atoms with Gasteiger partial charge in [-0.05, 0) is 47.9 Å². The average Bonchev–Trinajstić information content (AvgIpc) is 3.40. The molecule has 0 saturated carbocycles. The third kappa shape index (κ3) is 5.54. The summed E-state index contributed by atoms with van der Waals surface area (Å²) >= 11 is 0. The third-order valence-electron chi connectivity index (χ3n) is 7.56. The normalized spacial score (nSPS) is 24.1. The van der Waals surface area contributed by atoms with Crippen LogP contribution in [0.4, 0.5) is 8.78 Å². The van der Waals surface area contributed by atoms with Crippen LogP contribution in [0.25, 0.3) is 0 Å². The van der Waals surface area contributed by atoms with Gasteiger partial charge in [-0.2, -0.15) is 0 Å². The Morgan fingerprint density at radius 1 is 0.872 bits per heavy atom. The lowest BCUT2D eigenvalue weighted by Crippen LogP contribution is -2.54. The van der Waals surface area contributed by atoms with Crippen molar-refractivity contribution in [3.8, 4) is 17.2 Å². The molecule has 2 aliphatic rings. The molecule has 3 aromatic carbocycles. The molecular weight excluding hydrogens is 506 g/mol. The van der Waals surface area contributed by atoms with E-state index < -0.39 is 5.92 Å². The van der Waals surface area contributed by atoms with Crippen molar-refractivity contribution in [1.29, 1.82) is 0 Å². The van der Waals surface area contributed by atoms with Crippen molar-refractivity contribution in [3.63, 3.8) is 0 Å². The van der Waals surface area contributed by atoms with E-state index in [0.29, 0.717) is 23.7 Å². The van der Waals surface area contributed by atoms with Gasteiger partial charge in [0.15, 0.2) is 11.5 Å². The maximum Gasteiger partial charge on any atom is 0.223 e. The molecule has 5 unspecified atom stereocenters. The molecule has 39 heavy (non-hydrogen) atoms. The number of rotatable bonds is 8. The molecule has 206 valence electrons. The Morgan fingerprint density at radius 2 is 1.49 bits per heavy atom. The first-order valence-corrected chi connectivity index (χ1v) is 12.8. The molecule has 2 heterocycles. The number of carbonyl (C=O) groups excluding carboxylic acids is 1. The summed E-state index contributed by atoms with van der Waals surface area (Å²) in [6.07, 6.45) is 0.182. The van der Waals surface area contributed by atoms with E-state index in [9.17, 15) is 13.6 Å². The number of hydrogen-bond acceptors (Lipinski definition) is 7. The Labute approximate surface area is 226 Å². The van der Waals surface area contributed by atoms with Crippen LogP contribution in [-0.2, 0) is 11.3 Å². The van der Waals surface area contributed by atoms with Crippen molar-refractivity contribution in [2.24, 2.45) is 11.8 Å².